The van der Waals surface area contributed by atoms with Gasteiger partial charge in [0, 0.05) is 7.11 Å². The van der Waals surface area contributed by atoms with Crippen LogP contribution >= 0.6 is 0 Å². The van der Waals surface area contributed by atoms with E-state index in [4.69, 9.17) is 4.74 Å². The third-order valence-corrected chi connectivity index (χ3v) is 2.29. The summed E-state index contributed by atoms with van der Waals surface area (Å²) in [6.45, 7) is 1.35. The second kappa shape index (κ2) is 6.44. The highest BCUT2D eigenvalue weighted by Crippen LogP contribution is 2.17. The molecule has 0 aliphatic carbocycles. The Bertz CT molecular complexity index is 432. The molecule has 1 atom stereocenters. The van der Waals surface area contributed by atoms with Crippen LogP contribution in [0.2, 0.25) is 0 Å². The van der Waals surface area contributed by atoms with Gasteiger partial charge in [0.1, 0.15) is 22.9 Å². The van der Waals surface area contributed by atoms with Crippen molar-refractivity contribution in [2.24, 2.45) is 0 Å². The van der Waals surface area contributed by atoms with E-state index in [1.807, 2.05) is 5.32 Å². The lowest BCUT2D eigenvalue weighted by Gasteiger charge is -2.22. The molecule has 0 fully saturated rings. The van der Waals surface area contributed by atoms with Crippen molar-refractivity contribution < 1.29 is 23.4 Å². The second-order valence-electron chi connectivity index (χ2n) is 4.33. The zero-order chi connectivity index (χ0) is 14.5. The van der Waals surface area contributed by atoms with Crippen LogP contribution in [0.15, 0.2) is 18.2 Å². The maximum Gasteiger partial charge on any atom is 0.319 e. The number of amides is 2. The summed E-state index contributed by atoms with van der Waals surface area (Å²) >= 11 is 0. The molecule has 1 aromatic rings. The third-order valence-electron chi connectivity index (χ3n) is 2.29. The van der Waals surface area contributed by atoms with Crippen molar-refractivity contribution in [3.63, 3.8) is 0 Å². The molecule has 0 saturated heterocycles. The molecule has 0 bridgehead atoms. The predicted molar refractivity (Wildman–Crippen MR) is 65.9 cm³/mol. The van der Waals surface area contributed by atoms with Gasteiger partial charge in [-0.05, 0) is 19.1 Å². The van der Waals surface area contributed by atoms with E-state index in [9.17, 15) is 18.7 Å². The fourth-order valence-electron chi connectivity index (χ4n) is 1.41. The molecule has 5 nitrogen and oxygen atoms in total. The standard InChI is InChI=1S/C12H16F2N2O3/c1-12(18,7-19-2)6-15-11(17)16-10-8(13)4-3-5-9(10)14/h3-5,18H,6-7H2,1-2H3,(H2,15,16,17). The van der Waals surface area contributed by atoms with Crippen LogP contribution in [0.5, 0.6) is 0 Å². The van der Waals surface area contributed by atoms with Gasteiger partial charge in [0.05, 0.1) is 13.2 Å². The number of hydrogen-bond acceptors (Lipinski definition) is 3. The van der Waals surface area contributed by atoms with E-state index >= 15 is 0 Å². The van der Waals surface area contributed by atoms with Gasteiger partial charge in [0.2, 0.25) is 0 Å². The molecule has 7 heteroatoms. The number of aliphatic hydroxyl groups is 1. The number of halogens is 2. The van der Waals surface area contributed by atoms with E-state index in [-0.39, 0.29) is 13.2 Å². The predicted octanol–water partition coefficient (Wildman–Crippen LogP) is 1.48. The van der Waals surface area contributed by atoms with Gasteiger partial charge in [0.25, 0.3) is 0 Å². The molecule has 0 aliphatic rings. The highest BCUT2D eigenvalue weighted by atomic mass is 19.1. The van der Waals surface area contributed by atoms with Gasteiger partial charge in [-0.3, -0.25) is 0 Å². The van der Waals surface area contributed by atoms with Gasteiger partial charge in [0.15, 0.2) is 0 Å². The normalized spacial score (nSPS) is 13.7. The molecule has 0 spiro atoms. The van der Waals surface area contributed by atoms with Crippen LogP contribution in [0.3, 0.4) is 0 Å². The molecule has 1 aromatic carbocycles. The first-order valence-electron chi connectivity index (χ1n) is 5.56. The number of rotatable bonds is 5. The lowest BCUT2D eigenvalue weighted by molar-refractivity contribution is -0.0133. The maximum absolute atomic E-state index is 13.3. The number of carbonyl (C=O) groups excluding carboxylic acids is 1. The van der Waals surface area contributed by atoms with E-state index in [1.165, 1.54) is 20.1 Å². The summed E-state index contributed by atoms with van der Waals surface area (Å²) in [6, 6.07) is 2.43. The average molecular weight is 274 g/mol. The zero-order valence-corrected chi connectivity index (χ0v) is 10.7. The summed E-state index contributed by atoms with van der Waals surface area (Å²) in [7, 11) is 1.41. The fraction of sp³-hybridized carbons (Fsp3) is 0.417. The van der Waals surface area contributed by atoms with Gasteiger partial charge >= 0.3 is 6.03 Å². The molecule has 2 amide bonds. The Morgan fingerprint density at radius 1 is 1.42 bits per heavy atom. The third kappa shape index (κ3) is 4.80. The molecule has 106 valence electrons. The number of hydrogen-bond donors (Lipinski definition) is 3. The van der Waals surface area contributed by atoms with Gasteiger partial charge in [-0.15, -0.1) is 0 Å². The van der Waals surface area contributed by atoms with E-state index in [2.05, 4.69) is 5.32 Å². The number of nitrogens with one attached hydrogen (secondary N) is 2. The van der Waals surface area contributed by atoms with Crippen molar-refractivity contribution in [3.8, 4) is 0 Å². The minimum absolute atomic E-state index is 0.0152. The van der Waals surface area contributed by atoms with Crippen molar-refractivity contribution in [1.82, 2.24) is 5.32 Å². The molecule has 0 aromatic heterocycles. The molecule has 3 N–H and O–H groups in total. The fourth-order valence-corrected chi connectivity index (χ4v) is 1.41. The van der Waals surface area contributed by atoms with Crippen molar-refractivity contribution in [2.75, 3.05) is 25.6 Å². The Hall–Kier alpha value is -1.73. The Morgan fingerprint density at radius 3 is 2.53 bits per heavy atom. The number of urea groups is 1. The van der Waals surface area contributed by atoms with Crippen molar-refractivity contribution in [3.05, 3.63) is 29.8 Å². The van der Waals surface area contributed by atoms with Gasteiger partial charge in [-0.2, -0.15) is 0 Å². The molecule has 1 unspecified atom stereocenters. The number of benzene rings is 1. The average Bonchev–Trinajstić information content (AvgIpc) is 2.32. The zero-order valence-electron chi connectivity index (χ0n) is 10.7. The van der Waals surface area contributed by atoms with Crippen LogP contribution in [0.25, 0.3) is 0 Å². The molecule has 19 heavy (non-hydrogen) atoms. The summed E-state index contributed by atoms with van der Waals surface area (Å²) in [5.74, 6) is -1.75. The Labute approximate surface area is 109 Å². The molecule has 0 aliphatic heterocycles. The van der Waals surface area contributed by atoms with Crippen LogP contribution in [0, 0.1) is 11.6 Å². The Morgan fingerprint density at radius 2 is 2.00 bits per heavy atom. The molecule has 0 saturated carbocycles. The largest absolute Gasteiger partial charge is 0.386 e. The molecular formula is C12H16F2N2O3. The van der Waals surface area contributed by atoms with Crippen molar-refractivity contribution in [2.45, 2.75) is 12.5 Å². The number of carbonyl (C=O) groups is 1. The minimum atomic E-state index is -1.26. The van der Waals surface area contributed by atoms with E-state index in [0.29, 0.717) is 0 Å². The van der Waals surface area contributed by atoms with E-state index < -0.39 is 29.0 Å². The summed E-state index contributed by atoms with van der Waals surface area (Å²) in [5, 5.41) is 14.1. The number of para-hydroxylation sites is 1. The van der Waals surface area contributed by atoms with Crippen molar-refractivity contribution in [1.29, 1.82) is 0 Å². The molecule has 0 radical (unpaired) electrons. The Kier molecular flexibility index (Phi) is 5.20. The first kappa shape index (κ1) is 15.3. The lowest BCUT2D eigenvalue weighted by atomic mass is 10.1. The van der Waals surface area contributed by atoms with Crippen molar-refractivity contribution >= 4 is 11.7 Å². The molecule has 1 rings (SSSR count). The lowest BCUT2D eigenvalue weighted by Crippen LogP contribution is -2.45. The van der Waals surface area contributed by atoms with Crippen LogP contribution in [0.4, 0.5) is 19.3 Å². The smallest absolute Gasteiger partial charge is 0.319 e. The van der Waals surface area contributed by atoms with E-state index in [1.54, 1.807) is 0 Å². The SMILES string of the molecule is COCC(C)(O)CNC(=O)Nc1c(F)cccc1F. The first-order valence-corrected chi connectivity index (χ1v) is 5.56. The highest BCUT2D eigenvalue weighted by molar-refractivity contribution is 5.89. The highest BCUT2D eigenvalue weighted by Gasteiger charge is 2.21. The number of methoxy groups -OCH3 is 1. The summed E-state index contributed by atoms with van der Waals surface area (Å²) < 4.78 is 31.3. The van der Waals surface area contributed by atoms with Gasteiger partial charge in [-0.1, -0.05) is 6.07 Å². The molecule has 0 heterocycles. The maximum atomic E-state index is 13.3. The molecular weight excluding hydrogens is 258 g/mol. The summed E-state index contributed by atoms with van der Waals surface area (Å²) in [4.78, 5) is 11.5. The van der Waals surface area contributed by atoms with Crippen LogP contribution in [-0.4, -0.2) is 37.0 Å². The number of ether oxygens (including phenoxy) is 1. The topological polar surface area (TPSA) is 70.6 Å². The summed E-state index contributed by atoms with van der Waals surface area (Å²) in [6.07, 6.45) is 0. The van der Waals surface area contributed by atoms with Crippen LogP contribution in [-0.2, 0) is 4.74 Å². The number of anilines is 1. The first-order chi connectivity index (χ1) is 8.85. The van der Waals surface area contributed by atoms with Crippen LogP contribution in [0.1, 0.15) is 6.92 Å². The second-order valence-corrected chi connectivity index (χ2v) is 4.33. The van der Waals surface area contributed by atoms with Gasteiger partial charge in [-0.25, -0.2) is 13.6 Å². The van der Waals surface area contributed by atoms with Gasteiger partial charge < -0.3 is 20.5 Å². The Balaban J connectivity index is 2.57. The van der Waals surface area contributed by atoms with E-state index in [0.717, 1.165) is 12.1 Å². The van der Waals surface area contributed by atoms with Crippen LogP contribution < -0.4 is 10.6 Å². The quantitative estimate of drug-likeness (QED) is 0.761. The minimum Gasteiger partial charge on any atom is -0.386 e. The monoisotopic (exact) mass is 274 g/mol. The summed E-state index contributed by atoms with van der Waals surface area (Å²) in [5.41, 5.74) is -1.80.